The Morgan fingerprint density at radius 1 is 1.39 bits per heavy atom. The lowest BCUT2D eigenvalue weighted by molar-refractivity contribution is -0.121. The summed E-state index contributed by atoms with van der Waals surface area (Å²) in [7, 11) is 0. The van der Waals surface area contributed by atoms with E-state index in [0.29, 0.717) is 19.5 Å². The molecule has 0 saturated carbocycles. The van der Waals surface area contributed by atoms with Crippen LogP contribution in [0, 0.1) is 0 Å². The smallest absolute Gasteiger partial charge is 0.221 e. The van der Waals surface area contributed by atoms with Crippen LogP contribution in [0.25, 0.3) is 10.9 Å². The molecule has 0 aliphatic rings. The van der Waals surface area contributed by atoms with E-state index >= 15 is 0 Å². The summed E-state index contributed by atoms with van der Waals surface area (Å²) in [6.45, 7) is 2.62. The topological polar surface area (TPSA) is 54.3 Å². The molecule has 4 nitrogen and oxygen atoms in total. The summed E-state index contributed by atoms with van der Waals surface area (Å²) in [5, 5.41) is 12.9. The minimum Gasteiger partial charge on any atom is -0.392 e. The van der Waals surface area contributed by atoms with Crippen LogP contribution in [-0.4, -0.2) is 28.2 Å². The second kappa shape index (κ2) is 5.69. The number of amides is 1. The van der Waals surface area contributed by atoms with Crippen LogP contribution < -0.4 is 5.32 Å². The van der Waals surface area contributed by atoms with Crippen molar-refractivity contribution in [1.82, 2.24) is 9.88 Å². The third-order valence-electron chi connectivity index (χ3n) is 2.85. The van der Waals surface area contributed by atoms with Gasteiger partial charge in [0.2, 0.25) is 5.91 Å². The average molecular weight is 246 g/mol. The van der Waals surface area contributed by atoms with Crippen molar-refractivity contribution in [3.8, 4) is 0 Å². The van der Waals surface area contributed by atoms with Gasteiger partial charge in [-0.25, -0.2) is 0 Å². The van der Waals surface area contributed by atoms with Crippen LogP contribution in [0.1, 0.15) is 13.3 Å². The van der Waals surface area contributed by atoms with Crippen LogP contribution in [0.3, 0.4) is 0 Å². The van der Waals surface area contributed by atoms with E-state index in [1.807, 2.05) is 30.5 Å². The van der Waals surface area contributed by atoms with Gasteiger partial charge in [-0.3, -0.25) is 4.79 Å². The highest BCUT2D eigenvalue weighted by atomic mass is 16.3. The van der Waals surface area contributed by atoms with Crippen molar-refractivity contribution in [3.63, 3.8) is 0 Å². The van der Waals surface area contributed by atoms with E-state index in [1.54, 1.807) is 6.92 Å². The number of aromatic nitrogens is 1. The van der Waals surface area contributed by atoms with E-state index in [0.717, 1.165) is 5.52 Å². The maximum absolute atomic E-state index is 11.5. The quantitative estimate of drug-likeness (QED) is 0.840. The van der Waals surface area contributed by atoms with Gasteiger partial charge in [-0.15, -0.1) is 0 Å². The molecule has 0 aliphatic carbocycles. The number of nitrogens with one attached hydrogen (secondary N) is 1. The van der Waals surface area contributed by atoms with E-state index in [1.165, 1.54) is 5.39 Å². The number of fused-ring (bicyclic) bond motifs is 1. The third-order valence-corrected chi connectivity index (χ3v) is 2.85. The number of nitrogens with zero attached hydrogens (tertiary/aromatic N) is 1. The number of aryl methyl sites for hydroxylation is 1. The van der Waals surface area contributed by atoms with E-state index in [-0.39, 0.29) is 5.91 Å². The fourth-order valence-corrected chi connectivity index (χ4v) is 1.91. The number of hydrogen-bond donors (Lipinski definition) is 2. The molecule has 1 unspecified atom stereocenters. The lowest BCUT2D eigenvalue weighted by atomic mass is 10.2. The Morgan fingerprint density at radius 3 is 2.94 bits per heavy atom. The zero-order valence-electron chi connectivity index (χ0n) is 10.5. The summed E-state index contributed by atoms with van der Waals surface area (Å²) in [5.74, 6) is -0.0336. The van der Waals surface area contributed by atoms with Gasteiger partial charge >= 0.3 is 0 Å². The third kappa shape index (κ3) is 3.11. The van der Waals surface area contributed by atoms with E-state index in [2.05, 4.69) is 16.0 Å². The molecule has 1 atom stereocenters. The minimum atomic E-state index is -0.499. The summed E-state index contributed by atoms with van der Waals surface area (Å²) in [5.41, 5.74) is 1.14. The summed E-state index contributed by atoms with van der Waals surface area (Å²) >= 11 is 0. The summed E-state index contributed by atoms with van der Waals surface area (Å²) < 4.78 is 2.07. The Hall–Kier alpha value is -1.81. The van der Waals surface area contributed by atoms with Gasteiger partial charge in [0.25, 0.3) is 0 Å². The number of hydrogen-bond acceptors (Lipinski definition) is 2. The van der Waals surface area contributed by atoms with Crippen LogP contribution in [-0.2, 0) is 11.3 Å². The maximum atomic E-state index is 11.5. The first-order valence-electron chi connectivity index (χ1n) is 6.15. The molecule has 4 heteroatoms. The van der Waals surface area contributed by atoms with Gasteiger partial charge in [0.05, 0.1) is 6.10 Å². The van der Waals surface area contributed by atoms with Crippen LogP contribution in [0.4, 0.5) is 0 Å². The second-order valence-corrected chi connectivity index (χ2v) is 4.47. The van der Waals surface area contributed by atoms with Gasteiger partial charge in [0, 0.05) is 31.2 Å². The highest BCUT2D eigenvalue weighted by Crippen LogP contribution is 2.15. The lowest BCUT2D eigenvalue weighted by Crippen LogP contribution is -2.31. The fourth-order valence-electron chi connectivity index (χ4n) is 1.91. The van der Waals surface area contributed by atoms with Gasteiger partial charge in [-0.1, -0.05) is 18.2 Å². The van der Waals surface area contributed by atoms with Crippen LogP contribution in [0.2, 0.25) is 0 Å². The first-order chi connectivity index (χ1) is 8.66. The van der Waals surface area contributed by atoms with Crippen molar-refractivity contribution in [1.29, 1.82) is 0 Å². The molecule has 0 bridgehead atoms. The molecular formula is C14H18N2O2. The van der Waals surface area contributed by atoms with Gasteiger partial charge in [-0.05, 0) is 24.4 Å². The maximum Gasteiger partial charge on any atom is 0.221 e. The predicted octanol–water partition coefficient (Wildman–Crippen LogP) is 1.53. The van der Waals surface area contributed by atoms with E-state index in [9.17, 15) is 4.79 Å². The number of aliphatic hydroxyl groups excluding tert-OH is 1. The van der Waals surface area contributed by atoms with Gasteiger partial charge in [0.15, 0.2) is 0 Å². The number of aliphatic hydroxyl groups is 1. The van der Waals surface area contributed by atoms with Crippen molar-refractivity contribution in [3.05, 3.63) is 36.5 Å². The van der Waals surface area contributed by atoms with Gasteiger partial charge in [0.1, 0.15) is 0 Å². The second-order valence-electron chi connectivity index (χ2n) is 4.47. The summed E-state index contributed by atoms with van der Waals surface area (Å²) in [6, 6.07) is 10.1. The molecule has 1 amide bonds. The van der Waals surface area contributed by atoms with E-state index in [4.69, 9.17) is 5.11 Å². The zero-order valence-corrected chi connectivity index (χ0v) is 10.5. The number of para-hydroxylation sites is 1. The van der Waals surface area contributed by atoms with Crippen molar-refractivity contribution in [2.24, 2.45) is 0 Å². The molecule has 2 rings (SSSR count). The van der Waals surface area contributed by atoms with Crippen molar-refractivity contribution in [2.45, 2.75) is 26.0 Å². The molecular weight excluding hydrogens is 228 g/mol. The molecule has 1 aromatic heterocycles. The lowest BCUT2D eigenvalue weighted by Gasteiger charge is -2.08. The Morgan fingerprint density at radius 2 is 2.17 bits per heavy atom. The molecule has 1 heterocycles. The van der Waals surface area contributed by atoms with Gasteiger partial charge < -0.3 is 15.0 Å². The molecule has 2 N–H and O–H groups in total. The highest BCUT2D eigenvalue weighted by Gasteiger charge is 2.05. The predicted molar refractivity (Wildman–Crippen MR) is 71.2 cm³/mol. The van der Waals surface area contributed by atoms with Crippen LogP contribution >= 0.6 is 0 Å². The Bertz CT molecular complexity index is 531. The first-order valence-corrected chi connectivity index (χ1v) is 6.15. The normalized spacial score (nSPS) is 12.6. The number of benzene rings is 1. The SMILES string of the molecule is CC(O)CNC(=O)CCn1ccc2ccccc21. The molecule has 0 radical (unpaired) electrons. The van der Waals surface area contributed by atoms with Crippen molar-refractivity contribution in [2.75, 3.05) is 6.54 Å². The molecule has 18 heavy (non-hydrogen) atoms. The van der Waals surface area contributed by atoms with Crippen LogP contribution in [0.15, 0.2) is 36.5 Å². The van der Waals surface area contributed by atoms with E-state index < -0.39 is 6.10 Å². The highest BCUT2D eigenvalue weighted by molar-refractivity contribution is 5.80. The zero-order chi connectivity index (χ0) is 13.0. The number of carbonyl (C=O) groups excluding carboxylic acids is 1. The summed E-state index contributed by atoms with van der Waals surface area (Å²) in [6.07, 6.45) is 1.92. The standard InChI is InChI=1S/C14H18N2O2/c1-11(17)10-15-14(18)7-9-16-8-6-12-4-2-3-5-13(12)16/h2-6,8,11,17H,7,9-10H2,1H3,(H,15,18). The average Bonchev–Trinajstić information content (AvgIpc) is 2.77. The Labute approximate surface area is 106 Å². The molecule has 0 saturated heterocycles. The molecule has 96 valence electrons. The minimum absolute atomic E-state index is 0.0336. The molecule has 0 spiro atoms. The Balaban J connectivity index is 1.92. The van der Waals surface area contributed by atoms with Crippen molar-refractivity contribution < 1.29 is 9.90 Å². The van der Waals surface area contributed by atoms with Gasteiger partial charge in [-0.2, -0.15) is 0 Å². The van der Waals surface area contributed by atoms with Crippen LogP contribution in [0.5, 0.6) is 0 Å². The molecule has 0 fully saturated rings. The van der Waals surface area contributed by atoms with Crippen molar-refractivity contribution >= 4 is 16.8 Å². The molecule has 1 aromatic carbocycles. The monoisotopic (exact) mass is 246 g/mol. The number of carbonyl (C=O) groups is 1. The first kappa shape index (κ1) is 12.6. The fraction of sp³-hybridized carbons (Fsp3) is 0.357. The molecule has 2 aromatic rings. The summed E-state index contributed by atoms with van der Waals surface area (Å²) in [4.78, 5) is 11.5. The number of rotatable bonds is 5. The molecule has 0 aliphatic heterocycles. The largest absolute Gasteiger partial charge is 0.392 e. The Kier molecular flexibility index (Phi) is 3.99.